The molecule has 1 N–H and O–H groups in total. The summed E-state index contributed by atoms with van der Waals surface area (Å²) in [5.74, 6) is 0.325. The maximum Gasteiger partial charge on any atom is 0.324 e. The van der Waals surface area contributed by atoms with Crippen molar-refractivity contribution in [3.63, 3.8) is 0 Å². The molecular weight excluding hydrogens is 278 g/mol. The molecule has 2 rings (SSSR count). The number of phenols is 1. The molecule has 0 unspecified atom stereocenters. The predicted molar refractivity (Wildman–Crippen MR) is 76.5 cm³/mol. The van der Waals surface area contributed by atoms with E-state index < -0.39 is 4.92 Å². The number of ether oxygens (including phenoxy) is 1. The van der Waals surface area contributed by atoms with E-state index >= 15 is 0 Å². The number of nitrogens with zero attached hydrogens (tertiary/aromatic N) is 1. The van der Waals surface area contributed by atoms with Crippen LogP contribution < -0.4 is 4.74 Å². The molecular formula is C14H13NO4S. The fraction of sp³-hybridized carbons (Fsp3) is 0.143. The Hall–Kier alpha value is -2.21. The van der Waals surface area contributed by atoms with E-state index in [1.54, 1.807) is 49.4 Å². The number of para-hydroxylation sites is 2. The number of nitro benzene ring substituents is 1. The highest BCUT2D eigenvalue weighted by Gasteiger charge is 2.22. The highest BCUT2D eigenvalue weighted by Crippen LogP contribution is 2.42. The Labute approximate surface area is 120 Å². The second-order valence-electron chi connectivity index (χ2n) is 3.86. The Morgan fingerprint density at radius 2 is 1.90 bits per heavy atom. The molecule has 5 nitrogen and oxygen atoms in total. The van der Waals surface area contributed by atoms with E-state index in [0.717, 1.165) is 11.8 Å². The van der Waals surface area contributed by atoms with Crippen LogP contribution in [0.2, 0.25) is 0 Å². The Morgan fingerprint density at radius 1 is 1.20 bits per heavy atom. The normalized spacial score (nSPS) is 10.2. The first-order chi connectivity index (χ1) is 9.63. The van der Waals surface area contributed by atoms with E-state index in [1.165, 1.54) is 0 Å². The van der Waals surface area contributed by atoms with Crippen molar-refractivity contribution in [2.45, 2.75) is 16.7 Å². The van der Waals surface area contributed by atoms with E-state index in [9.17, 15) is 15.2 Å². The summed E-state index contributed by atoms with van der Waals surface area (Å²) in [4.78, 5) is 11.8. The van der Waals surface area contributed by atoms with E-state index in [1.807, 2.05) is 0 Å². The molecule has 0 aliphatic heterocycles. The monoisotopic (exact) mass is 291 g/mol. The second-order valence-corrected chi connectivity index (χ2v) is 4.95. The van der Waals surface area contributed by atoms with Crippen LogP contribution in [0.5, 0.6) is 11.5 Å². The number of hydrogen-bond acceptors (Lipinski definition) is 5. The molecule has 104 valence electrons. The quantitative estimate of drug-likeness (QED) is 0.669. The van der Waals surface area contributed by atoms with Crippen LogP contribution in [-0.2, 0) is 0 Å². The molecule has 20 heavy (non-hydrogen) atoms. The summed E-state index contributed by atoms with van der Waals surface area (Å²) >= 11 is 1.14. The molecule has 2 aromatic carbocycles. The van der Waals surface area contributed by atoms with Crippen LogP contribution in [0, 0.1) is 10.1 Å². The number of aromatic hydroxyl groups is 1. The summed E-state index contributed by atoms with van der Waals surface area (Å²) in [6.45, 7) is 2.12. The van der Waals surface area contributed by atoms with Crippen LogP contribution in [0.25, 0.3) is 0 Å². The maximum absolute atomic E-state index is 11.2. The summed E-state index contributed by atoms with van der Waals surface area (Å²) in [7, 11) is 0. The number of nitro groups is 1. The zero-order valence-corrected chi connectivity index (χ0v) is 11.6. The average Bonchev–Trinajstić information content (AvgIpc) is 2.41. The van der Waals surface area contributed by atoms with Gasteiger partial charge in [-0.3, -0.25) is 10.1 Å². The molecule has 0 fully saturated rings. The minimum Gasteiger partial charge on any atom is -0.507 e. The number of hydrogen-bond donors (Lipinski definition) is 1. The standard InChI is InChI=1S/C14H13NO4S/c1-2-19-11-7-5-9-13(14(11)15(17)18)20-12-8-4-3-6-10(12)16/h3-9,16H,2H2,1H3. The molecule has 0 saturated carbocycles. The Bertz CT molecular complexity index is 630. The highest BCUT2D eigenvalue weighted by molar-refractivity contribution is 7.99. The lowest BCUT2D eigenvalue weighted by Crippen LogP contribution is -1.98. The fourth-order valence-electron chi connectivity index (χ4n) is 1.70. The van der Waals surface area contributed by atoms with Gasteiger partial charge < -0.3 is 9.84 Å². The van der Waals surface area contributed by atoms with Gasteiger partial charge in [-0.15, -0.1) is 0 Å². The Morgan fingerprint density at radius 3 is 2.55 bits per heavy atom. The summed E-state index contributed by atoms with van der Waals surface area (Å²) in [5.41, 5.74) is -0.0809. The molecule has 0 saturated heterocycles. The lowest BCUT2D eigenvalue weighted by Gasteiger charge is -2.08. The minimum absolute atomic E-state index is 0.0809. The molecule has 0 aliphatic rings. The van der Waals surface area contributed by atoms with Crippen LogP contribution in [0.1, 0.15) is 6.92 Å². The molecule has 0 aliphatic carbocycles. The predicted octanol–water partition coefficient (Wildman–Crippen LogP) is 3.85. The Balaban J connectivity index is 2.44. The van der Waals surface area contributed by atoms with Crippen LogP contribution in [-0.4, -0.2) is 16.6 Å². The summed E-state index contributed by atoms with van der Waals surface area (Å²) in [6.07, 6.45) is 0. The van der Waals surface area contributed by atoms with Crippen molar-refractivity contribution in [1.82, 2.24) is 0 Å². The zero-order chi connectivity index (χ0) is 14.5. The smallest absolute Gasteiger partial charge is 0.324 e. The summed E-state index contributed by atoms with van der Waals surface area (Å²) in [6, 6.07) is 11.6. The van der Waals surface area contributed by atoms with Gasteiger partial charge >= 0.3 is 5.69 Å². The third-order valence-electron chi connectivity index (χ3n) is 2.53. The third-order valence-corrected chi connectivity index (χ3v) is 3.64. The first kappa shape index (κ1) is 14.2. The van der Waals surface area contributed by atoms with Crippen LogP contribution in [0.4, 0.5) is 5.69 Å². The first-order valence-electron chi connectivity index (χ1n) is 5.99. The molecule has 6 heteroatoms. The van der Waals surface area contributed by atoms with Gasteiger partial charge in [0.05, 0.1) is 21.3 Å². The molecule has 0 spiro atoms. The minimum atomic E-state index is -0.465. The van der Waals surface area contributed by atoms with Crippen molar-refractivity contribution in [3.8, 4) is 11.5 Å². The molecule has 0 heterocycles. The molecule has 0 amide bonds. The zero-order valence-electron chi connectivity index (χ0n) is 10.8. The lowest BCUT2D eigenvalue weighted by atomic mass is 10.3. The fourth-order valence-corrected chi connectivity index (χ4v) is 2.67. The van der Waals surface area contributed by atoms with Crippen molar-refractivity contribution in [3.05, 3.63) is 52.6 Å². The van der Waals surface area contributed by atoms with Gasteiger partial charge in [-0.25, -0.2) is 0 Å². The summed E-state index contributed by atoms with van der Waals surface area (Å²) in [5, 5.41) is 21.0. The van der Waals surface area contributed by atoms with Gasteiger partial charge in [0.15, 0.2) is 5.75 Å². The number of rotatable bonds is 5. The van der Waals surface area contributed by atoms with Gasteiger partial charge in [0.25, 0.3) is 0 Å². The Kier molecular flexibility index (Phi) is 4.47. The van der Waals surface area contributed by atoms with Crippen LogP contribution in [0.15, 0.2) is 52.3 Å². The molecule has 0 radical (unpaired) electrons. The van der Waals surface area contributed by atoms with Crippen molar-refractivity contribution < 1.29 is 14.8 Å². The third kappa shape index (κ3) is 3.03. The largest absolute Gasteiger partial charge is 0.507 e. The highest BCUT2D eigenvalue weighted by atomic mass is 32.2. The molecule has 0 aromatic heterocycles. The topological polar surface area (TPSA) is 72.6 Å². The summed E-state index contributed by atoms with van der Waals surface area (Å²) < 4.78 is 5.29. The van der Waals surface area contributed by atoms with Crippen molar-refractivity contribution in [1.29, 1.82) is 0 Å². The molecule has 0 atom stereocenters. The van der Waals surface area contributed by atoms with Crippen molar-refractivity contribution in [2.75, 3.05) is 6.61 Å². The molecule has 2 aromatic rings. The SMILES string of the molecule is CCOc1cccc(Sc2ccccc2O)c1[N+](=O)[O-]. The second kappa shape index (κ2) is 6.29. The van der Waals surface area contributed by atoms with Gasteiger partial charge in [0.2, 0.25) is 0 Å². The lowest BCUT2D eigenvalue weighted by molar-refractivity contribution is -0.388. The van der Waals surface area contributed by atoms with Gasteiger partial charge in [-0.2, -0.15) is 0 Å². The van der Waals surface area contributed by atoms with Crippen molar-refractivity contribution in [2.24, 2.45) is 0 Å². The van der Waals surface area contributed by atoms with Crippen LogP contribution in [0.3, 0.4) is 0 Å². The van der Waals surface area contributed by atoms with Gasteiger partial charge in [-0.05, 0) is 31.2 Å². The van der Waals surface area contributed by atoms with E-state index in [-0.39, 0.29) is 17.2 Å². The van der Waals surface area contributed by atoms with Gasteiger partial charge in [0, 0.05) is 0 Å². The number of benzene rings is 2. The maximum atomic E-state index is 11.2. The van der Waals surface area contributed by atoms with Crippen LogP contribution >= 0.6 is 11.8 Å². The first-order valence-corrected chi connectivity index (χ1v) is 6.81. The average molecular weight is 291 g/mol. The van der Waals surface area contributed by atoms with Gasteiger partial charge in [-0.1, -0.05) is 30.0 Å². The van der Waals surface area contributed by atoms with E-state index in [0.29, 0.717) is 16.4 Å². The molecule has 0 bridgehead atoms. The van der Waals surface area contributed by atoms with Crippen molar-refractivity contribution >= 4 is 17.4 Å². The van der Waals surface area contributed by atoms with E-state index in [4.69, 9.17) is 4.74 Å². The van der Waals surface area contributed by atoms with E-state index in [2.05, 4.69) is 0 Å². The van der Waals surface area contributed by atoms with Gasteiger partial charge in [0.1, 0.15) is 5.75 Å². The number of phenolic OH excluding ortho intramolecular Hbond substituents is 1.